The average Bonchev–Trinajstić information content (AvgIpc) is 3.24. The Morgan fingerprint density at radius 1 is 0.938 bits per heavy atom. The molecule has 1 fully saturated rings. The number of aryl methyl sites for hydroxylation is 1. The van der Waals surface area contributed by atoms with Crippen LogP contribution in [0.3, 0.4) is 0 Å². The normalized spacial score (nSPS) is 15.4. The molecule has 0 atom stereocenters. The molecule has 3 heterocycles. The SMILES string of the molecule is Cn1nccc1-c1nnc(N2CCC([N+](C)(C)c3cccc(F)c3)CC2)c2ccccc12. The highest BCUT2D eigenvalue weighted by Crippen LogP contribution is 2.34. The van der Waals surface area contributed by atoms with Crippen molar-refractivity contribution in [3.63, 3.8) is 0 Å². The summed E-state index contributed by atoms with van der Waals surface area (Å²) >= 11 is 0. The van der Waals surface area contributed by atoms with Crippen molar-refractivity contribution in [3.05, 3.63) is 66.6 Å². The van der Waals surface area contributed by atoms with Crippen LogP contribution in [0.25, 0.3) is 22.2 Å². The third kappa shape index (κ3) is 3.52. The lowest BCUT2D eigenvalue weighted by Gasteiger charge is -2.42. The van der Waals surface area contributed by atoms with Crippen molar-refractivity contribution >= 4 is 22.3 Å². The van der Waals surface area contributed by atoms with E-state index in [9.17, 15) is 4.39 Å². The summed E-state index contributed by atoms with van der Waals surface area (Å²) in [7, 11) is 6.27. The van der Waals surface area contributed by atoms with Crippen molar-refractivity contribution in [1.82, 2.24) is 24.5 Å². The number of quaternary nitrogens is 1. The van der Waals surface area contributed by atoms with Crippen molar-refractivity contribution in [2.24, 2.45) is 7.05 Å². The predicted molar refractivity (Wildman–Crippen MR) is 127 cm³/mol. The molecule has 0 saturated carbocycles. The van der Waals surface area contributed by atoms with E-state index in [0.717, 1.165) is 59.6 Å². The van der Waals surface area contributed by atoms with E-state index in [2.05, 4.69) is 52.5 Å². The van der Waals surface area contributed by atoms with Gasteiger partial charge in [0.2, 0.25) is 0 Å². The van der Waals surface area contributed by atoms with Crippen LogP contribution in [-0.4, -0.2) is 53.2 Å². The molecule has 1 saturated heterocycles. The lowest BCUT2D eigenvalue weighted by molar-refractivity contribution is 0.248. The summed E-state index contributed by atoms with van der Waals surface area (Å²) < 4.78 is 16.3. The van der Waals surface area contributed by atoms with Crippen molar-refractivity contribution in [2.45, 2.75) is 18.9 Å². The van der Waals surface area contributed by atoms with E-state index in [-0.39, 0.29) is 5.82 Å². The van der Waals surface area contributed by atoms with Gasteiger partial charge in [0.1, 0.15) is 17.2 Å². The quantitative estimate of drug-likeness (QED) is 0.449. The number of nitrogens with zero attached hydrogens (tertiary/aromatic N) is 6. The Labute approximate surface area is 187 Å². The highest BCUT2D eigenvalue weighted by atomic mass is 19.1. The van der Waals surface area contributed by atoms with Crippen LogP contribution >= 0.6 is 0 Å². The standard InChI is InChI=1S/C25H28FN6/c1-30-23(11-14-27-30)24-21-9-4-5-10-22(21)25(29-28-24)31-15-12-19(13-16-31)32(2,3)20-8-6-7-18(26)17-20/h4-11,14,17,19H,12-13,15-16H2,1-3H3/q+1. The van der Waals surface area contributed by atoms with E-state index >= 15 is 0 Å². The summed E-state index contributed by atoms with van der Waals surface area (Å²) in [5, 5.41) is 15.8. The Balaban J connectivity index is 1.42. The molecular formula is C25H28FN6+. The molecule has 0 N–H and O–H groups in total. The van der Waals surface area contributed by atoms with E-state index in [4.69, 9.17) is 0 Å². The van der Waals surface area contributed by atoms with Gasteiger partial charge in [-0.1, -0.05) is 30.3 Å². The highest BCUT2D eigenvalue weighted by molar-refractivity contribution is 5.99. The Kier molecular flexibility index (Phi) is 5.13. The van der Waals surface area contributed by atoms with Gasteiger partial charge in [0.05, 0.1) is 25.8 Å². The van der Waals surface area contributed by atoms with Gasteiger partial charge >= 0.3 is 0 Å². The fourth-order valence-electron chi connectivity index (χ4n) is 4.89. The number of aromatic nitrogens is 4. The Hall–Kier alpha value is -3.32. The summed E-state index contributed by atoms with van der Waals surface area (Å²) in [5.41, 5.74) is 2.81. The zero-order valence-corrected chi connectivity index (χ0v) is 18.7. The molecular weight excluding hydrogens is 403 g/mol. The molecule has 5 rings (SSSR count). The van der Waals surface area contributed by atoms with Crippen LogP contribution in [-0.2, 0) is 7.05 Å². The minimum atomic E-state index is -0.179. The lowest BCUT2D eigenvalue weighted by Crippen LogP contribution is -2.55. The number of benzene rings is 2. The van der Waals surface area contributed by atoms with Crippen molar-refractivity contribution in [2.75, 3.05) is 32.1 Å². The molecule has 0 bridgehead atoms. The van der Waals surface area contributed by atoms with Gasteiger partial charge in [-0.25, -0.2) is 4.39 Å². The van der Waals surface area contributed by atoms with Crippen LogP contribution < -0.4 is 9.38 Å². The second kappa shape index (κ2) is 7.98. The van der Waals surface area contributed by atoms with Crippen molar-refractivity contribution < 1.29 is 4.39 Å². The second-order valence-corrected chi connectivity index (χ2v) is 9.00. The maximum Gasteiger partial charge on any atom is 0.159 e. The molecule has 0 unspecified atom stereocenters. The maximum atomic E-state index is 13.8. The topological polar surface area (TPSA) is 46.8 Å². The van der Waals surface area contributed by atoms with Gasteiger partial charge in [-0.3, -0.25) is 9.16 Å². The zero-order valence-electron chi connectivity index (χ0n) is 18.7. The molecule has 2 aromatic carbocycles. The monoisotopic (exact) mass is 431 g/mol. The second-order valence-electron chi connectivity index (χ2n) is 9.00. The predicted octanol–water partition coefficient (Wildman–Crippen LogP) is 4.41. The summed E-state index contributed by atoms with van der Waals surface area (Å²) in [5.74, 6) is 0.752. The molecule has 32 heavy (non-hydrogen) atoms. The fourth-order valence-corrected chi connectivity index (χ4v) is 4.89. The van der Waals surface area contributed by atoms with E-state index in [1.54, 1.807) is 18.3 Å². The van der Waals surface area contributed by atoms with Crippen LogP contribution in [0.15, 0.2) is 60.8 Å². The minimum Gasteiger partial charge on any atom is -0.354 e. The molecule has 0 radical (unpaired) electrons. The van der Waals surface area contributed by atoms with Gasteiger partial charge < -0.3 is 4.90 Å². The van der Waals surface area contributed by atoms with Crippen molar-refractivity contribution in [1.29, 1.82) is 0 Å². The molecule has 164 valence electrons. The molecule has 0 aliphatic carbocycles. The number of anilines is 1. The van der Waals surface area contributed by atoms with E-state index in [1.165, 1.54) is 6.07 Å². The van der Waals surface area contributed by atoms with Crippen LogP contribution in [0.1, 0.15) is 12.8 Å². The number of piperidine rings is 1. The molecule has 4 aromatic rings. The first-order valence-corrected chi connectivity index (χ1v) is 11.0. The van der Waals surface area contributed by atoms with Gasteiger partial charge in [0, 0.05) is 56.0 Å². The Morgan fingerprint density at radius 2 is 1.69 bits per heavy atom. The van der Waals surface area contributed by atoms with Crippen LogP contribution in [0.2, 0.25) is 0 Å². The van der Waals surface area contributed by atoms with E-state index < -0.39 is 0 Å². The summed E-state index contributed by atoms with van der Waals surface area (Å²) in [6.45, 7) is 1.79. The largest absolute Gasteiger partial charge is 0.354 e. The van der Waals surface area contributed by atoms with Crippen molar-refractivity contribution in [3.8, 4) is 11.4 Å². The van der Waals surface area contributed by atoms with Crippen LogP contribution in [0, 0.1) is 5.82 Å². The maximum absolute atomic E-state index is 13.8. The Morgan fingerprint density at radius 3 is 2.38 bits per heavy atom. The molecule has 0 spiro atoms. The number of halogens is 1. The molecule has 7 heteroatoms. The van der Waals surface area contributed by atoms with Gasteiger partial charge in [-0.2, -0.15) is 5.10 Å². The molecule has 1 aliphatic rings. The highest BCUT2D eigenvalue weighted by Gasteiger charge is 2.35. The minimum absolute atomic E-state index is 0.179. The Bertz CT molecular complexity index is 1260. The van der Waals surface area contributed by atoms with Gasteiger partial charge in [0.15, 0.2) is 5.82 Å². The summed E-state index contributed by atoms with van der Waals surface area (Å²) in [6, 6.07) is 17.7. The van der Waals surface area contributed by atoms with E-state index in [0.29, 0.717) is 10.5 Å². The van der Waals surface area contributed by atoms with Crippen LogP contribution in [0.5, 0.6) is 0 Å². The zero-order chi connectivity index (χ0) is 22.3. The third-order valence-corrected chi connectivity index (χ3v) is 6.88. The number of hydrogen-bond acceptors (Lipinski definition) is 4. The molecule has 6 nitrogen and oxygen atoms in total. The number of hydrogen-bond donors (Lipinski definition) is 0. The molecule has 1 aliphatic heterocycles. The third-order valence-electron chi connectivity index (χ3n) is 6.88. The first-order valence-electron chi connectivity index (χ1n) is 11.0. The molecule has 0 amide bonds. The van der Waals surface area contributed by atoms with Gasteiger partial charge in [-0.05, 0) is 18.2 Å². The van der Waals surface area contributed by atoms with Gasteiger partial charge in [0.25, 0.3) is 0 Å². The number of fused-ring (bicyclic) bond motifs is 1. The smallest absolute Gasteiger partial charge is 0.159 e. The first kappa shape index (κ1) is 20.6. The lowest BCUT2D eigenvalue weighted by atomic mass is 9.99. The van der Waals surface area contributed by atoms with Gasteiger partial charge in [-0.15, -0.1) is 10.2 Å². The van der Waals surface area contributed by atoms with Crippen LogP contribution in [0.4, 0.5) is 15.9 Å². The first-order chi connectivity index (χ1) is 15.4. The molecule has 2 aromatic heterocycles. The van der Waals surface area contributed by atoms with E-state index in [1.807, 2.05) is 29.9 Å². The summed E-state index contributed by atoms with van der Waals surface area (Å²) in [6.07, 6.45) is 3.79. The average molecular weight is 432 g/mol. The fraction of sp³-hybridized carbons (Fsp3) is 0.320. The summed E-state index contributed by atoms with van der Waals surface area (Å²) in [4.78, 5) is 2.34. The number of rotatable bonds is 4.